The molecule has 1 saturated heterocycles. The van der Waals surface area contributed by atoms with Crippen LogP contribution in [0.3, 0.4) is 0 Å². The molecule has 5 nitrogen and oxygen atoms in total. The zero-order chi connectivity index (χ0) is 19.2. The third-order valence-electron chi connectivity index (χ3n) is 4.56. The van der Waals surface area contributed by atoms with Crippen LogP contribution in [0.4, 0.5) is 10.1 Å². The number of benzene rings is 2. The van der Waals surface area contributed by atoms with Crippen LogP contribution in [-0.4, -0.2) is 49.4 Å². The molecule has 27 heavy (non-hydrogen) atoms. The van der Waals surface area contributed by atoms with Crippen LogP contribution in [0.15, 0.2) is 53.0 Å². The predicted molar refractivity (Wildman–Crippen MR) is 106 cm³/mol. The summed E-state index contributed by atoms with van der Waals surface area (Å²) in [4.78, 5) is 28.1. The van der Waals surface area contributed by atoms with E-state index >= 15 is 0 Å². The van der Waals surface area contributed by atoms with Crippen LogP contribution < -0.4 is 10.2 Å². The van der Waals surface area contributed by atoms with Crippen molar-refractivity contribution < 1.29 is 14.0 Å². The van der Waals surface area contributed by atoms with Gasteiger partial charge in [-0.15, -0.1) is 0 Å². The molecule has 0 aromatic heterocycles. The Labute approximate surface area is 166 Å². The molecule has 1 aliphatic rings. The molecule has 3 rings (SSSR count). The van der Waals surface area contributed by atoms with Gasteiger partial charge in [0.05, 0.1) is 5.69 Å². The fourth-order valence-corrected chi connectivity index (χ4v) is 3.31. The van der Waals surface area contributed by atoms with Gasteiger partial charge in [-0.3, -0.25) is 9.59 Å². The highest BCUT2D eigenvalue weighted by atomic mass is 79.9. The van der Waals surface area contributed by atoms with Gasteiger partial charge in [-0.25, -0.2) is 4.39 Å². The molecule has 2 aromatic carbocycles. The maximum Gasteiger partial charge on any atom is 0.251 e. The molecule has 0 unspecified atom stereocenters. The van der Waals surface area contributed by atoms with Crippen LogP contribution in [0.5, 0.6) is 0 Å². The number of hydrogen-bond acceptors (Lipinski definition) is 3. The van der Waals surface area contributed by atoms with Gasteiger partial charge in [0, 0.05) is 49.2 Å². The number of para-hydroxylation sites is 1. The van der Waals surface area contributed by atoms with Crippen LogP contribution in [0.1, 0.15) is 16.8 Å². The summed E-state index contributed by atoms with van der Waals surface area (Å²) in [5.41, 5.74) is 1.13. The van der Waals surface area contributed by atoms with Gasteiger partial charge in [-0.1, -0.05) is 28.1 Å². The molecule has 1 aliphatic heterocycles. The van der Waals surface area contributed by atoms with Gasteiger partial charge in [0.25, 0.3) is 5.91 Å². The van der Waals surface area contributed by atoms with E-state index in [4.69, 9.17) is 0 Å². The topological polar surface area (TPSA) is 52.7 Å². The molecule has 0 radical (unpaired) electrons. The number of hydrogen-bond donors (Lipinski definition) is 1. The highest BCUT2D eigenvalue weighted by molar-refractivity contribution is 9.10. The molecular formula is C20H21BrFN3O2. The lowest BCUT2D eigenvalue weighted by molar-refractivity contribution is -0.131. The zero-order valence-corrected chi connectivity index (χ0v) is 16.4. The van der Waals surface area contributed by atoms with E-state index in [2.05, 4.69) is 21.2 Å². The first-order valence-corrected chi connectivity index (χ1v) is 9.65. The Morgan fingerprint density at radius 2 is 1.67 bits per heavy atom. The molecule has 0 bridgehead atoms. The van der Waals surface area contributed by atoms with Crippen molar-refractivity contribution in [2.75, 3.05) is 37.6 Å². The second kappa shape index (κ2) is 8.99. The SMILES string of the molecule is O=C(NCCC(=O)N1CCN(c2ccccc2F)CC1)c1ccc(Br)cc1. The molecule has 2 aromatic rings. The van der Waals surface area contributed by atoms with Crippen molar-refractivity contribution in [1.29, 1.82) is 0 Å². The summed E-state index contributed by atoms with van der Waals surface area (Å²) < 4.78 is 14.8. The maximum absolute atomic E-state index is 13.9. The lowest BCUT2D eigenvalue weighted by Gasteiger charge is -2.36. The number of anilines is 1. The standard InChI is InChI=1S/C20H21BrFN3O2/c21-16-7-5-15(6-8-16)20(27)23-10-9-19(26)25-13-11-24(12-14-25)18-4-2-1-3-17(18)22/h1-8H,9-14H2,(H,23,27). The quantitative estimate of drug-likeness (QED) is 0.787. The number of nitrogens with zero attached hydrogens (tertiary/aromatic N) is 2. The van der Waals surface area contributed by atoms with Crippen LogP contribution in [0.2, 0.25) is 0 Å². The van der Waals surface area contributed by atoms with E-state index in [1.165, 1.54) is 6.07 Å². The Kier molecular flexibility index (Phi) is 6.45. The minimum Gasteiger partial charge on any atom is -0.366 e. The van der Waals surface area contributed by atoms with Crippen LogP contribution in [0.25, 0.3) is 0 Å². The van der Waals surface area contributed by atoms with Gasteiger partial charge in [0.1, 0.15) is 5.82 Å². The predicted octanol–water partition coefficient (Wildman–Crippen LogP) is 3.06. The fourth-order valence-electron chi connectivity index (χ4n) is 3.05. The number of amides is 2. The summed E-state index contributed by atoms with van der Waals surface area (Å²) in [6.45, 7) is 2.58. The molecule has 0 spiro atoms. The Bertz CT molecular complexity index is 805. The van der Waals surface area contributed by atoms with E-state index in [1.807, 2.05) is 11.0 Å². The van der Waals surface area contributed by atoms with E-state index in [0.717, 1.165) is 4.47 Å². The van der Waals surface area contributed by atoms with Gasteiger partial charge >= 0.3 is 0 Å². The fraction of sp³-hybridized carbons (Fsp3) is 0.300. The van der Waals surface area contributed by atoms with Crippen molar-refractivity contribution in [2.45, 2.75) is 6.42 Å². The molecule has 142 valence electrons. The van der Waals surface area contributed by atoms with Crippen molar-refractivity contribution in [2.24, 2.45) is 0 Å². The van der Waals surface area contributed by atoms with Crippen molar-refractivity contribution in [3.63, 3.8) is 0 Å². The number of piperazine rings is 1. The summed E-state index contributed by atoms with van der Waals surface area (Å²) in [7, 11) is 0. The minimum absolute atomic E-state index is 0.000658. The lowest BCUT2D eigenvalue weighted by Crippen LogP contribution is -2.49. The average molecular weight is 434 g/mol. The summed E-state index contributed by atoms with van der Waals surface area (Å²) in [6, 6.07) is 13.7. The highest BCUT2D eigenvalue weighted by Crippen LogP contribution is 2.20. The van der Waals surface area contributed by atoms with Crippen LogP contribution >= 0.6 is 15.9 Å². The number of carbonyl (C=O) groups excluding carboxylic acids is 2. The number of carbonyl (C=O) groups is 2. The van der Waals surface area contributed by atoms with E-state index < -0.39 is 0 Å². The van der Waals surface area contributed by atoms with E-state index in [9.17, 15) is 14.0 Å². The summed E-state index contributed by atoms with van der Waals surface area (Å²) in [6.07, 6.45) is 0.252. The number of halogens is 2. The molecule has 0 saturated carbocycles. The molecule has 7 heteroatoms. The molecule has 1 N–H and O–H groups in total. The molecular weight excluding hydrogens is 413 g/mol. The molecule has 1 heterocycles. The summed E-state index contributed by atoms with van der Waals surface area (Å²) in [5, 5.41) is 2.77. The monoisotopic (exact) mass is 433 g/mol. The van der Waals surface area contributed by atoms with Crippen molar-refractivity contribution in [1.82, 2.24) is 10.2 Å². The molecule has 0 atom stereocenters. The summed E-state index contributed by atoms with van der Waals surface area (Å²) >= 11 is 3.33. The average Bonchev–Trinajstić information content (AvgIpc) is 2.69. The number of rotatable bonds is 5. The molecule has 0 aliphatic carbocycles. The zero-order valence-electron chi connectivity index (χ0n) is 14.8. The van der Waals surface area contributed by atoms with Gasteiger partial charge in [0.15, 0.2) is 0 Å². The molecule has 1 fully saturated rings. The Morgan fingerprint density at radius 3 is 2.33 bits per heavy atom. The molecule has 2 amide bonds. The Hall–Kier alpha value is -2.41. The van der Waals surface area contributed by atoms with E-state index in [1.54, 1.807) is 41.3 Å². The normalized spacial score (nSPS) is 14.1. The first kappa shape index (κ1) is 19.4. The van der Waals surface area contributed by atoms with Gasteiger partial charge in [-0.2, -0.15) is 0 Å². The van der Waals surface area contributed by atoms with Gasteiger partial charge in [-0.05, 0) is 36.4 Å². The van der Waals surface area contributed by atoms with Crippen molar-refractivity contribution in [3.8, 4) is 0 Å². The van der Waals surface area contributed by atoms with Gasteiger partial charge < -0.3 is 15.1 Å². The lowest BCUT2D eigenvalue weighted by atomic mass is 10.2. The third kappa shape index (κ3) is 5.07. The Balaban J connectivity index is 1.42. The van der Waals surface area contributed by atoms with Crippen LogP contribution in [0, 0.1) is 5.82 Å². The van der Waals surface area contributed by atoms with Crippen LogP contribution in [-0.2, 0) is 4.79 Å². The first-order chi connectivity index (χ1) is 13.0. The number of nitrogens with one attached hydrogen (secondary N) is 1. The van der Waals surface area contributed by atoms with Crippen molar-refractivity contribution in [3.05, 3.63) is 64.4 Å². The largest absolute Gasteiger partial charge is 0.366 e. The van der Waals surface area contributed by atoms with E-state index in [0.29, 0.717) is 44.0 Å². The second-order valence-corrected chi connectivity index (χ2v) is 7.25. The highest BCUT2D eigenvalue weighted by Gasteiger charge is 2.22. The minimum atomic E-state index is -0.243. The third-order valence-corrected chi connectivity index (χ3v) is 5.09. The smallest absolute Gasteiger partial charge is 0.251 e. The second-order valence-electron chi connectivity index (χ2n) is 6.33. The maximum atomic E-state index is 13.9. The van der Waals surface area contributed by atoms with Gasteiger partial charge in [0.2, 0.25) is 5.91 Å². The van der Waals surface area contributed by atoms with Crippen molar-refractivity contribution >= 4 is 33.4 Å². The first-order valence-electron chi connectivity index (χ1n) is 8.85. The van der Waals surface area contributed by atoms with E-state index in [-0.39, 0.29) is 24.1 Å². The Morgan fingerprint density at radius 1 is 1.00 bits per heavy atom. The summed E-state index contributed by atoms with van der Waals surface area (Å²) in [5.74, 6) is -0.438.